The second-order valence-corrected chi connectivity index (χ2v) is 7.41. The summed E-state index contributed by atoms with van der Waals surface area (Å²) in [5.41, 5.74) is -0.270. The number of thiophene rings is 1. The monoisotopic (exact) mass is 362 g/mol. The van der Waals surface area contributed by atoms with Crippen LogP contribution in [0.2, 0.25) is 5.02 Å². The highest BCUT2D eigenvalue weighted by atomic mass is 35.5. The quantitative estimate of drug-likeness (QED) is 0.443. The summed E-state index contributed by atoms with van der Waals surface area (Å²) >= 11 is 6.76. The van der Waals surface area contributed by atoms with Gasteiger partial charge in [-0.05, 0) is 11.4 Å². The minimum atomic E-state index is -3.55. The summed E-state index contributed by atoms with van der Waals surface area (Å²) in [7, 11) is -3.55. The van der Waals surface area contributed by atoms with E-state index in [2.05, 4.69) is 15.0 Å². The van der Waals surface area contributed by atoms with E-state index in [1.165, 1.54) is 18.3 Å². The number of halogens is 1. The fourth-order valence-electron chi connectivity index (χ4n) is 1.56. The van der Waals surface area contributed by atoms with Gasteiger partial charge in [-0.1, -0.05) is 17.7 Å². The molecule has 0 aliphatic heterocycles. The van der Waals surface area contributed by atoms with Gasteiger partial charge in [-0.15, -0.1) is 11.3 Å². The molecule has 0 bridgehead atoms. The van der Waals surface area contributed by atoms with E-state index in [9.17, 15) is 18.5 Å². The van der Waals surface area contributed by atoms with E-state index >= 15 is 0 Å². The van der Waals surface area contributed by atoms with E-state index in [0.29, 0.717) is 0 Å². The number of nitro groups is 1. The normalized spacial score (nSPS) is 11.3. The molecule has 0 aliphatic rings. The van der Waals surface area contributed by atoms with Crippen molar-refractivity contribution >= 4 is 44.5 Å². The Morgan fingerprint density at radius 1 is 1.41 bits per heavy atom. The Balaban J connectivity index is 1.94. The van der Waals surface area contributed by atoms with Gasteiger partial charge in [0.2, 0.25) is 15.8 Å². The number of sulfonamides is 1. The van der Waals surface area contributed by atoms with Crippen LogP contribution in [0.25, 0.3) is 0 Å². The summed E-state index contributed by atoms with van der Waals surface area (Å²) in [5, 5.41) is 15.4. The minimum absolute atomic E-state index is 0.0321. The molecular weight excluding hydrogens is 352 g/mol. The fraction of sp³-hybridized carbons (Fsp3) is 0.182. The maximum Gasteiger partial charge on any atom is 0.312 e. The van der Waals surface area contributed by atoms with E-state index in [4.69, 9.17) is 11.6 Å². The Bertz CT molecular complexity index is 764. The number of hydrogen-bond donors (Lipinski definition) is 2. The molecule has 0 atom stereocenters. The van der Waals surface area contributed by atoms with Crippen molar-refractivity contribution < 1.29 is 13.3 Å². The maximum absolute atomic E-state index is 11.9. The highest BCUT2D eigenvalue weighted by Gasteiger charge is 2.17. The van der Waals surface area contributed by atoms with Crippen molar-refractivity contribution in [1.82, 2.24) is 9.71 Å². The molecule has 118 valence electrons. The first-order valence-electron chi connectivity index (χ1n) is 5.97. The molecule has 0 aromatic carbocycles. The standard InChI is InChI=1S/C11H11ClN4O4S2/c12-8-6-9(16(17)18)11(14-7-8)13-3-4-15-22(19,20)10-2-1-5-21-10/h1-2,5-7,15H,3-4H2,(H,13,14). The summed E-state index contributed by atoms with van der Waals surface area (Å²) in [6.07, 6.45) is 1.27. The number of aromatic nitrogens is 1. The molecule has 2 aromatic rings. The molecule has 22 heavy (non-hydrogen) atoms. The smallest absolute Gasteiger partial charge is 0.312 e. The third-order valence-electron chi connectivity index (χ3n) is 2.50. The zero-order chi connectivity index (χ0) is 16.2. The number of anilines is 1. The average Bonchev–Trinajstić information content (AvgIpc) is 2.99. The van der Waals surface area contributed by atoms with Crippen LogP contribution in [0.3, 0.4) is 0 Å². The molecule has 11 heteroatoms. The molecule has 0 spiro atoms. The van der Waals surface area contributed by atoms with Crippen LogP contribution in [0.4, 0.5) is 11.5 Å². The third kappa shape index (κ3) is 4.13. The lowest BCUT2D eigenvalue weighted by Gasteiger charge is -2.07. The van der Waals surface area contributed by atoms with Gasteiger partial charge in [-0.25, -0.2) is 18.1 Å². The van der Waals surface area contributed by atoms with Crippen LogP contribution in [-0.2, 0) is 10.0 Å². The Hall–Kier alpha value is -1.75. The van der Waals surface area contributed by atoms with Gasteiger partial charge in [0.05, 0.1) is 9.95 Å². The summed E-state index contributed by atoms with van der Waals surface area (Å²) < 4.78 is 26.3. The molecule has 2 rings (SSSR count). The molecule has 0 saturated heterocycles. The summed E-state index contributed by atoms with van der Waals surface area (Å²) in [6, 6.07) is 4.30. The second kappa shape index (κ2) is 7.01. The molecule has 2 heterocycles. The van der Waals surface area contributed by atoms with Gasteiger partial charge in [-0.3, -0.25) is 10.1 Å². The van der Waals surface area contributed by atoms with Gasteiger partial charge in [-0.2, -0.15) is 0 Å². The zero-order valence-electron chi connectivity index (χ0n) is 11.0. The van der Waals surface area contributed by atoms with Crippen LogP contribution in [0.1, 0.15) is 0 Å². The van der Waals surface area contributed by atoms with Crippen LogP contribution in [0.5, 0.6) is 0 Å². The van der Waals surface area contributed by atoms with Crippen molar-refractivity contribution in [2.24, 2.45) is 0 Å². The second-order valence-electron chi connectivity index (χ2n) is 4.04. The third-order valence-corrected chi connectivity index (χ3v) is 5.57. The van der Waals surface area contributed by atoms with Crippen molar-refractivity contribution in [3.63, 3.8) is 0 Å². The molecule has 0 saturated carbocycles. The molecular formula is C11H11ClN4O4S2. The number of pyridine rings is 1. The fourth-order valence-corrected chi connectivity index (χ4v) is 3.78. The Morgan fingerprint density at radius 3 is 2.82 bits per heavy atom. The Labute approximate surface area is 135 Å². The molecule has 0 radical (unpaired) electrons. The lowest BCUT2D eigenvalue weighted by atomic mass is 10.4. The van der Waals surface area contributed by atoms with Crippen LogP contribution >= 0.6 is 22.9 Å². The van der Waals surface area contributed by atoms with E-state index in [1.807, 2.05) is 0 Å². The number of nitrogens with one attached hydrogen (secondary N) is 2. The minimum Gasteiger partial charge on any atom is -0.363 e. The first kappa shape index (κ1) is 16.6. The van der Waals surface area contributed by atoms with Crippen molar-refractivity contribution in [2.75, 3.05) is 18.4 Å². The summed E-state index contributed by atoms with van der Waals surface area (Å²) in [5.74, 6) is 0.0321. The maximum atomic E-state index is 11.9. The lowest BCUT2D eigenvalue weighted by Crippen LogP contribution is -2.28. The molecule has 0 amide bonds. The highest BCUT2D eigenvalue weighted by molar-refractivity contribution is 7.91. The molecule has 2 aromatic heterocycles. The van der Waals surface area contributed by atoms with Crippen LogP contribution in [0, 0.1) is 10.1 Å². The van der Waals surface area contributed by atoms with E-state index < -0.39 is 14.9 Å². The van der Waals surface area contributed by atoms with Crippen LogP contribution in [-0.4, -0.2) is 31.4 Å². The lowest BCUT2D eigenvalue weighted by molar-refractivity contribution is -0.384. The number of nitrogens with zero attached hydrogens (tertiary/aromatic N) is 2. The first-order chi connectivity index (χ1) is 10.4. The largest absolute Gasteiger partial charge is 0.363 e. The molecule has 0 unspecified atom stereocenters. The molecule has 0 fully saturated rings. The molecule has 0 aliphatic carbocycles. The Kier molecular flexibility index (Phi) is 5.29. The predicted octanol–water partition coefficient (Wildman–Crippen LogP) is 2.10. The SMILES string of the molecule is O=[N+]([O-])c1cc(Cl)cnc1NCCNS(=O)(=O)c1cccs1. The van der Waals surface area contributed by atoms with Gasteiger partial charge in [0.25, 0.3) is 0 Å². The molecule has 2 N–H and O–H groups in total. The summed E-state index contributed by atoms with van der Waals surface area (Å²) in [4.78, 5) is 14.1. The van der Waals surface area contributed by atoms with Gasteiger partial charge >= 0.3 is 5.69 Å². The van der Waals surface area contributed by atoms with E-state index in [1.54, 1.807) is 11.4 Å². The number of hydrogen-bond acceptors (Lipinski definition) is 7. The van der Waals surface area contributed by atoms with Gasteiger partial charge in [0.15, 0.2) is 0 Å². The van der Waals surface area contributed by atoms with Crippen molar-refractivity contribution in [1.29, 1.82) is 0 Å². The van der Waals surface area contributed by atoms with Crippen LogP contribution < -0.4 is 10.0 Å². The predicted molar refractivity (Wildman–Crippen MR) is 83.9 cm³/mol. The average molecular weight is 363 g/mol. The van der Waals surface area contributed by atoms with Gasteiger partial charge < -0.3 is 5.32 Å². The summed E-state index contributed by atoms with van der Waals surface area (Å²) in [6.45, 7) is 0.196. The van der Waals surface area contributed by atoms with Crippen molar-refractivity contribution in [3.8, 4) is 0 Å². The zero-order valence-corrected chi connectivity index (χ0v) is 13.4. The van der Waals surface area contributed by atoms with Crippen LogP contribution in [0.15, 0.2) is 34.0 Å². The van der Waals surface area contributed by atoms with E-state index in [-0.39, 0.29) is 33.8 Å². The molecule has 8 nitrogen and oxygen atoms in total. The number of rotatable bonds is 7. The Morgan fingerprint density at radius 2 is 2.18 bits per heavy atom. The van der Waals surface area contributed by atoms with Crippen molar-refractivity contribution in [3.05, 3.63) is 44.9 Å². The topological polar surface area (TPSA) is 114 Å². The van der Waals surface area contributed by atoms with Gasteiger partial charge in [0.1, 0.15) is 4.21 Å². The van der Waals surface area contributed by atoms with E-state index in [0.717, 1.165) is 11.3 Å². The highest BCUT2D eigenvalue weighted by Crippen LogP contribution is 2.24. The van der Waals surface area contributed by atoms with Gasteiger partial charge in [0, 0.05) is 25.4 Å². The van der Waals surface area contributed by atoms with Crippen molar-refractivity contribution in [2.45, 2.75) is 4.21 Å². The first-order valence-corrected chi connectivity index (χ1v) is 8.71.